The maximum absolute atomic E-state index is 2.38. The Bertz CT molecular complexity index is 321. The van der Waals surface area contributed by atoms with E-state index >= 15 is 0 Å². The third kappa shape index (κ3) is 3.37. The summed E-state index contributed by atoms with van der Waals surface area (Å²) in [6.07, 6.45) is 3.58. The van der Waals surface area contributed by atoms with E-state index in [1.54, 1.807) is 0 Å². The van der Waals surface area contributed by atoms with Crippen LogP contribution >= 0.6 is 0 Å². The van der Waals surface area contributed by atoms with E-state index in [2.05, 4.69) is 52.8 Å². The third-order valence-electron chi connectivity index (χ3n) is 3.45. The molecule has 0 aliphatic heterocycles. The highest BCUT2D eigenvalue weighted by Gasteiger charge is 2.16. The van der Waals surface area contributed by atoms with E-state index in [4.69, 9.17) is 0 Å². The average Bonchev–Trinajstić information content (AvgIpc) is 2.21. The maximum Gasteiger partial charge on any atom is -0.0225 e. The van der Waals surface area contributed by atoms with Crippen LogP contribution in [0.25, 0.3) is 0 Å². The molecule has 0 radical (unpaired) electrons. The average molecular weight is 204 g/mol. The van der Waals surface area contributed by atoms with E-state index in [1.165, 1.54) is 29.5 Å². The van der Waals surface area contributed by atoms with Crippen molar-refractivity contribution in [3.8, 4) is 0 Å². The van der Waals surface area contributed by atoms with Gasteiger partial charge in [-0.25, -0.2) is 0 Å². The van der Waals surface area contributed by atoms with Gasteiger partial charge in [0.25, 0.3) is 0 Å². The molecule has 1 aromatic carbocycles. The molecule has 0 spiro atoms. The summed E-state index contributed by atoms with van der Waals surface area (Å²) >= 11 is 0. The minimum absolute atomic E-state index is 0.428. The van der Waals surface area contributed by atoms with E-state index in [1.807, 2.05) is 0 Å². The summed E-state index contributed by atoms with van der Waals surface area (Å²) in [4.78, 5) is 0. The number of benzene rings is 1. The molecule has 0 unspecified atom stereocenters. The molecule has 1 rings (SSSR count). The molecule has 0 heteroatoms. The molecular weight excluding hydrogens is 180 g/mol. The predicted molar refractivity (Wildman–Crippen MR) is 68.3 cm³/mol. The topological polar surface area (TPSA) is 0 Å². The standard InChI is InChI=1S/C15H24/c1-6-13-9-8-12(3)14(10-13)11-15(4,5)7-2/h8-10H,6-7,11H2,1-5H3. The van der Waals surface area contributed by atoms with Crippen LogP contribution in [-0.4, -0.2) is 0 Å². The number of hydrogen-bond acceptors (Lipinski definition) is 0. The van der Waals surface area contributed by atoms with E-state index in [9.17, 15) is 0 Å². The zero-order valence-electron chi connectivity index (χ0n) is 10.9. The smallest absolute Gasteiger partial charge is 0.0225 e. The number of hydrogen-bond donors (Lipinski definition) is 0. The molecule has 0 atom stereocenters. The Morgan fingerprint density at radius 2 is 1.80 bits per heavy atom. The van der Waals surface area contributed by atoms with Gasteiger partial charge in [-0.1, -0.05) is 52.3 Å². The first-order chi connectivity index (χ1) is 6.98. The molecule has 0 fully saturated rings. The Balaban J connectivity index is 2.93. The Morgan fingerprint density at radius 1 is 1.13 bits per heavy atom. The van der Waals surface area contributed by atoms with Gasteiger partial charge in [0.2, 0.25) is 0 Å². The largest absolute Gasteiger partial charge is 0.0649 e. The van der Waals surface area contributed by atoms with Gasteiger partial charge in [-0.05, 0) is 41.9 Å². The minimum Gasteiger partial charge on any atom is -0.0649 e. The molecular formula is C15H24. The molecule has 0 aromatic heterocycles. The first kappa shape index (κ1) is 12.3. The second-order valence-electron chi connectivity index (χ2n) is 5.31. The van der Waals surface area contributed by atoms with Crippen molar-refractivity contribution in [3.63, 3.8) is 0 Å². The molecule has 0 nitrogen and oxygen atoms in total. The second-order valence-corrected chi connectivity index (χ2v) is 5.31. The van der Waals surface area contributed by atoms with Gasteiger partial charge < -0.3 is 0 Å². The highest BCUT2D eigenvalue weighted by molar-refractivity contribution is 5.31. The van der Waals surface area contributed by atoms with Crippen molar-refractivity contribution >= 4 is 0 Å². The van der Waals surface area contributed by atoms with Crippen LogP contribution in [-0.2, 0) is 12.8 Å². The molecule has 0 amide bonds. The van der Waals surface area contributed by atoms with Gasteiger partial charge in [-0.15, -0.1) is 0 Å². The Kier molecular flexibility index (Phi) is 3.96. The lowest BCUT2D eigenvalue weighted by atomic mass is 9.82. The van der Waals surface area contributed by atoms with Crippen LogP contribution in [0.5, 0.6) is 0 Å². The Labute approximate surface area is 94.7 Å². The lowest BCUT2D eigenvalue weighted by molar-refractivity contribution is 0.348. The van der Waals surface area contributed by atoms with Gasteiger partial charge in [0, 0.05) is 0 Å². The van der Waals surface area contributed by atoms with E-state index in [0.717, 1.165) is 6.42 Å². The fourth-order valence-corrected chi connectivity index (χ4v) is 1.78. The summed E-state index contributed by atoms with van der Waals surface area (Å²) in [5.41, 5.74) is 4.86. The van der Waals surface area contributed by atoms with Crippen molar-refractivity contribution in [2.45, 2.75) is 53.9 Å². The van der Waals surface area contributed by atoms with Crippen molar-refractivity contribution in [1.29, 1.82) is 0 Å². The van der Waals surface area contributed by atoms with Crippen molar-refractivity contribution in [1.82, 2.24) is 0 Å². The van der Waals surface area contributed by atoms with Crippen molar-refractivity contribution in [3.05, 3.63) is 34.9 Å². The van der Waals surface area contributed by atoms with Gasteiger partial charge in [-0.3, -0.25) is 0 Å². The molecule has 0 heterocycles. The molecule has 15 heavy (non-hydrogen) atoms. The minimum atomic E-state index is 0.428. The molecule has 1 aromatic rings. The van der Waals surface area contributed by atoms with Gasteiger partial charge in [-0.2, -0.15) is 0 Å². The van der Waals surface area contributed by atoms with Crippen LogP contribution < -0.4 is 0 Å². The monoisotopic (exact) mass is 204 g/mol. The zero-order valence-corrected chi connectivity index (χ0v) is 10.9. The zero-order chi connectivity index (χ0) is 11.5. The van der Waals surface area contributed by atoms with Crippen molar-refractivity contribution < 1.29 is 0 Å². The second kappa shape index (κ2) is 4.83. The fraction of sp³-hybridized carbons (Fsp3) is 0.600. The Hall–Kier alpha value is -0.780. The Morgan fingerprint density at radius 3 is 2.33 bits per heavy atom. The van der Waals surface area contributed by atoms with Crippen LogP contribution in [0.3, 0.4) is 0 Å². The van der Waals surface area contributed by atoms with Crippen LogP contribution in [0.2, 0.25) is 0 Å². The third-order valence-corrected chi connectivity index (χ3v) is 3.45. The number of rotatable bonds is 4. The van der Waals surface area contributed by atoms with Crippen LogP contribution in [0, 0.1) is 12.3 Å². The van der Waals surface area contributed by atoms with Gasteiger partial charge >= 0.3 is 0 Å². The molecule has 0 saturated heterocycles. The van der Waals surface area contributed by atoms with E-state index in [-0.39, 0.29) is 0 Å². The number of aryl methyl sites for hydroxylation is 2. The highest BCUT2D eigenvalue weighted by atomic mass is 14.2. The summed E-state index contributed by atoms with van der Waals surface area (Å²) < 4.78 is 0. The normalized spacial score (nSPS) is 11.8. The summed E-state index contributed by atoms with van der Waals surface area (Å²) in [6, 6.07) is 6.89. The van der Waals surface area contributed by atoms with E-state index < -0.39 is 0 Å². The van der Waals surface area contributed by atoms with Crippen molar-refractivity contribution in [2.24, 2.45) is 5.41 Å². The van der Waals surface area contributed by atoms with Gasteiger partial charge in [0.05, 0.1) is 0 Å². The predicted octanol–water partition coefficient (Wildman–Crippen LogP) is 4.54. The van der Waals surface area contributed by atoms with Crippen LogP contribution in [0.4, 0.5) is 0 Å². The maximum atomic E-state index is 2.38. The van der Waals surface area contributed by atoms with Gasteiger partial charge in [0.15, 0.2) is 0 Å². The lowest BCUT2D eigenvalue weighted by Crippen LogP contribution is -2.14. The van der Waals surface area contributed by atoms with Gasteiger partial charge in [0.1, 0.15) is 0 Å². The highest BCUT2D eigenvalue weighted by Crippen LogP contribution is 2.27. The quantitative estimate of drug-likeness (QED) is 0.675. The van der Waals surface area contributed by atoms with E-state index in [0.29, 0.717) is 5.41 Å². The molecule has 0 bridgehead atoms. The first-order valence-corrected chi connectivity index (χ1v) is 6.07. The van der Waals surface area contributed by atoms with Crippen molar-refractivity contribution in [2.75, 3.05) is 0 Å². The molecule has 0 aliphatic rings. The lowest BCUT2D eigenvalue weighted by Gasteiger charge is -2.24. The first-order valence-electron chi connectivity index (χ1n) is 6.07. The van der Waals surface area contributed by atoms with Crippen LogP contribution in [0.1, 0.15) is 50.8 Å². The summed E-state index contributed by atoms with van der Waals surface area (Å²) in [6.45, 7) is 11.4. The summed E-state index contributed by atoms with van der Waals surface area (Å²) in [5, 5.41) is 0. The SMILES string of the molecule is CCc1ccc(C)c(CC(C)(C)CC)c1. The fourth-order valence-electron chi connectivity index (χ4n) is 1.78. The molecule has 84 valence electrons. The van der Waals surface area contributed by atoms with Crippen LogP contribution in [0.15, 0.2) is 18.2 Å². The summed E-state index contributed by atoms with van der Waals surface area (Å²) in [7, 11) is 0. The molecule has 0 N–H and O–H groups in total. The molecule has 0 saturated carbocycles. The summed E-state index contributed by atoms with van der Waals surface area (Å²) in [5.74, 6) is 0. The molecule has 0 aliphatic carbocycles.